The Morgan fingerprint density at radius 3 is 2.56 bits per heavy atom. The van der Waals surface area contributed by atoms with Gasteiger partial charge in [0.2, 0.25) is 0 Å². The molecule has 56 valence electrons. The minimum atomic E-state index is -0.0813. The maximum atomic E-state index is 9.15. The first-order chi connectivity index (χ1) is 4.31. The van der Waals surface area contributed by atoms with Crippen molar-refractivity contribution in [2.75, 3.05) is 5.75 Å². The highest BCUT2D eigenvalue weighted by Gasteiger charge is 1.99. The molecule has 0 radical (unpaired) electrons. The average molecular weight is 148 g/mol. The molecule has 1 atom stereocenters. The van der Waals surface area contributed by atoms with E-state index < -0.39 is 0 Å². The lowest BCUT2D eigenvalue weighted by Crippen LogP contribution is -2.05. The fourth-order valence-corrected chi connectivity index (χ4v) is 0.987. The van der Waals surface area contributed by atoms with E-state index in [0.717, 1.165) is 31.4 Å². The van der Waals surface area contributed by atoms with Crippen LogP contribution in [0.25, 0.3) is 0 Å². The van der Waals surface area contributed by atoms with E-state index in [-0.39, 0.29) is 6.10 Å². The Balaban J connectivity index is 2.95. The van der Waals surface area contributed by atoms with Crippen LogP contribution < -0.4 is 0 Å². The van der Waals surface area contributed by atoms with E-state index in [1.807, 2.05) is 0 Å². The lowest BCUT2D eigenvalue weighted by atomic mass is 10.1. The molecule has 0 bridgehead atoms. The van der Waals surface area contributed by atoms with Crippen molar-refractivity contribution >= 4 is 12.6 Å². The third kappa shape index (κ3) is 6.19. The molecule has 0 fully saturated rings. The standard InChI is InChI=1S/C7H16OS/c1-2-4-7(8)5-3-6-9/h7-9H,2-6H2,1H3. The first-order valence-corrected chi connectivity index (χ1v) is 4.23. The summed E-state index contributed by atoms with van der Waals surface area (Å²) in [5, 5.41) is 9.15. The quantitative estimate of drug-likeness (QED) is 0.570. The van der Waals surface area contributed by atoms with Gasteiger partial charge in [0.15, 0.2) is 0 Å². The molecule has 2 heteroatoms. The molecule has 1 nitrogen and oxygen atoms in total. The molecule has 1 unspecified atom stereocenters. The van der Waals surface area contributed by atoms with Crippen molar-refractivity contribution in [1.29, 1.82) is 0 Å². The summed E-state index contributed by atoms with van der Waals surface area (Å²) in [6.07, 6.45) is 3.88. The second-order valence-corrected chi connectivity index (χ2v) is 2.76. The van der Waals surface area contributed by atoms with Gasteiger partial charge in [-0.1, -0.05) is 13.3 Å². The topological polar surface area (TPSA) is 20.2 Å². The van der Waals surface area contributed by atoms with E-state index in [0.29, 0.717) is 0 Å². The second kappa shape index (κ2) is 6.43. The maximum Gasteiger partial charge on any atom is 0.0540 e. The first kappa shape index (κ1) is 9.31. The number of aliphatic hydroxyl groups excluding tert-OH is 1. The van der Waals surface area contributed by atoms with Crippen LogP contribution in [0.2, 0.25) is 0 Å². The van der Waals surface area contributed by atoms with Crippen molar-refractivity contribution in [1.82, 2.24) is 0 Å². The van der Waals surface area contributed by atoms with Gasteiger partial charge in [0.05, 0.1) is 6.10 Å². The van der Waals surface area contributed by atoms with Gasteiger partial charge in [-0.25, -0.2) is 0 Å². The summed E-state index contributed by atoms with van der Waals surface area (Å²) in [4.78, 5) is 0. The molecule has 0 heterocycles. The molecule has 0 amide bonds. The summed E-state index contributed by atoms with van der Waals surface area (Å²) < 4.78 is 0. The monoisotopic (exact) mass is 148 g/mol. The van der Waals surface area contributed by atoms with Crippen molar-refractivity contribution in [2.24, 2.45) is 0 Å². The van der Waals surface area contributed by atoms with Gasteiger partial charge in [0, 0.05) is 0 Å². The van der Waals surface area contributed by atoms with E-state index in [2.05, 4.69) is 19.6 Å². The Bertz CT molecular complexity index is 56.9. The Hall–Kier alpha value is 0.310. The van der Waals surface area contributed by atoms with Crippen LogP contribution in [0.3, 0.4) is 0 Å². The van der Waals surface area contributed by atoms with Gasteiger partial charge in [-0.2, -0.15) is 12.6 Å². The highest BCUT2D eigenvalue weighted by Crippen LogP contribution is 2.04. The third-order valence-corrected chi connectivity index (χ3v) is 1.63. The molecule has 0 spiro atoms. The molecule has 0 saturated carbocycles. The highest BCUT2D eigenvalue weighted by atomic mass is 32.1. The molecular weight excluding hydrogens is 132 g/mol. The van der Waals surface area contributed by atoms with Gasteiger partial charge in [-0.3, -0.25) is 0 Å². The zero-order valence-electron chi connectivity index (χ0n) is 6.01. The van der Waals surface area contributed by atoms with Gasteiger partial charge in [0.1, 0.15) is 0 Å². The molecule has 0 saturated heterocycles. The molecule has 1 N–H and O–H groups in total. The highest BCUT2D eigenvalue weighted by molar-refractivity contribution is 7.80. The maximum absolute atomic E-state index is 9.15. The molecule has 0 aliphatic heterocycles. The zero-order valence-corrected chi connectivity index (χ0v) is 6.90. The van der Waals surface area contributed by atoms with E-state index in [1.165, 1.54) is 0 Å². The lowest BCUT2D eigenvalue weighted by molar-refractivity contribution is 0.153. The van der Waals surface area contributed by atoms with Gasteiger partial charge in [-0.15, -0.1) is 0 Å². The van der Waals surface area contributed by atoms with Crippen molar-refractivity contribution in [3.63, 3.8) is 0 Å². The molecule has 0 aromatic carbocycles. The fourth-order valence-electron chi connectivity index (χ4n) is 0.804. The van der Waals surface area contributed by atoms with Crippen LogP contribution in [0.1, 0.15) is 32.6 Å². The van der Waals surface area contributed by atoms with E-state index in [1.54, 1.807) is 0 Å². The number of thiol groups is 1. The van der Waals surface area contributed by atoms with Crippen molar-refractivity contribution in [2.45, 2.75) is 38.7 Å². The van der Waals surface area contributed by atoms with Gasteiger partial charge in [-0.05, 0) is 25.0 Å². The molecule has 0 aliphatic carbocycles. The fraction of sp³-hybridized carbons (Fsp3) is 1.00. The summed E-state index contributed by atoms with van der Waals surface area (Å²) in [6.45, 7) is 2.09. The van der Waals surface area contributed by atoms with Gasteiger partial charge < -0.3 is 5.11 Å². The number of hydrogen-bond donors (Lipinski definition) is 2. The van der Waals surface area contributed by atoms with Crippen molar-refractivity contribution in [3.05, 3.63) is 0 Å². The Labute approximate surface area is 62.9 Å². The van der Waals surface area contributed by atoms with E-state index in [9.17, 15) is 0 Å². The zero-order chi connectivity index (χ0) is 7.11. The predicted molar refractivity (Wildman–Crippen MR) is 44.0 cm³/mol. The van der Waals surface area contributed by atoms with E-state index in [4.69, 9.17) is 5.11 Å². The molecule has 0 aromatic heterocycles. The van der Waals surface area contributed by atoms with Crippen LogP contribution in [0.15, 0.2) is 0 Å². The van der Waals surface area contributed by atoms with Gasteiger partial charge in [0.25, 0.3) is 0 Å². The second-order valence-electron chi connectivity index (χ2n) is 2.31. The number of rotatable bonds is 5. The Kier molecular flexibility index (Phi) is 6.65. The van der Waals surface area contributed by atoms with Crippen LogP contribution in [0, 0.1) is 0 Å². The largest absolute Gasteiger partial charge is 0.393 e. The van der Waals surface area contributed by atoms with Crippen LogP contribution in [0.5, 0.6) is 0 Å². The van der Waals surface area contributed by atoms with Crippen molar-refractivity contribution < 1.29 is 5.11 Å². The summed E-state index contributed by atoms with van der Waals surface area (Å²) in [7, 11) is 0. The van der Waals surface area contributed by atoms with Crippen LogP contribution in [-0.2, 0) is 0 Å². The molecular formula is C7H16OS. The summed E-state index contributed by atoms with van der Waals surface area (Å²) in [5.41, 5.74) is 0. The number of hydrogen-bond acceptors (Lipinski definition) is 2. The van der Waals surface area contributed by atoms with E-state index >= 15 is 0 Å². The van der Waals surface area contributed by atoms with Gasteiger partial charge >= 0.3 is 0 Å². The summed E-state index contributed by atoms with van der Waals surface area (Å²) in [6, 6.07) is 0. The predicted octanol–water partition coefficient (Wildman–Crippen LogP) is 1.86. The van der Waals surface area contributed by atoms with Crippen LogP contribution in [0.4, 0.5) is 0 Å². The first-order valence-electron chi connectivity index (χ1n) is 3.60. The molecule has 0 aromatic rings. The molecule has 9 heavy (non-hydrogen) atoms. The Morgan fingerprint density at radius 2 is 2.11 bits per heavy atom. The average Bonchev–Trinajstić information content (AvgIpc) is 1.85. The summed E-state index contributed by atoms with van der Waals surface area (Å²) in [5.74, 6) is 0.890. The minimum absolute atomic E-state index is 0.0813. The van der Waals surface area contributed by atoms with Crippen molar-refractivity contribution in [3.8, 4) is 0 Å². The number of aliphatic hydroxyl groups is 1. The SMILES string of the molecule is CCCC(O)CCCS. The minimum Gasteiger partial charge on any atom is -0.393 e. The lowest BCUT2D eigenvalue weighted by Gasteiger charge is -2.06. The van der Waals surface area contributed by atoms with Crippen LogP contribution >= 0.6 is 12.6 Å². The van der Waals surface area contributed by atoms with Crippen LogP contribution in [-0.4, -0.2) is 17.0 Å². The normalized spacial score (nSPS) is 13.7. The Morgan fingerprint density at radius 1 is 1.44 bits per heavy atom. The summed E-state index contributed by atoms with van der Waals surface area (Å²) >= 11 is 4.05. The molecule has 0 aliphatic rings. The third-order valence-electron chi connectivity index (χ3n) is 1.32. The molecule has 0 rings (SSSR count). The smallest absolute Gasteiger partial charge is 0.0540 e.